The summed E-state index contributed by atoms with van der Waals surface area (Å²) in [5, 5.41) is 0. The Morgan fingerprint density at radius 2 is 2.06 bits per heavy atom. The van der Waals surface area contributed by atoms with Crippen molar-refractivity contribution in [3.05, 3.63) is 28.2 Å². The number of benzene rings is 1. The lowest BCUT2D eigenvalue weighted by atomic mass is 10.1. The second kappa shape index (κ2) is 7.02. The molecule has 0 aliphatic carbocycles. The first-order valence-corrected chi connectivity index (χ1v) is 7.03. The van der Waals surface area contributed by atoms with Crippen molar-refractivity contribution >= 4 is 21.6 Å². The van der Waals surface area contributed by atoms with Crippen LogP contribution in [0.25, 0.3) is 0 Å². The molecule has 0 saturated heterocycles. The van der Waals surface area contributed by atoms with Crippen LogP contribution in [0, 0.1) is 5.92 Å². The third kappa shape index (κ3) is 4.68. The molecule has 0 radical (unpaired) electrons. The fourth-order valence-corrected chi connectivity index (χ4v) is 2.18. The normalized spacial score (nSPS) is 10.9. The van der Waals surface area contributed by atoms with Crippen molar-refractivity contribution in [1.82, 2.24) is 0 Å². The SMILES string of the molecule is CC(C)CCN(C)c1cc(Br)ccc1CCN. The average molecular weight is 299 g/mol. The summed E-state index contributed by atoms with van der Waals surface area (Å²) < 4.78 is 1.13. The molecule has 17 heavy (non-hydrogen) atoms. The zero-order valence-corrected chi connectivity index (χ0v) is 12.6. The lowest BCUT2D eigenvalue weighted by Gasteiger charge is -2.23. The first kappa shape index (κ1) is 14.5. The molecule has 0 atom stereocenters. The molecule has 0 aromatic heterocycles. The van der Waals surface area contributed by atoms with Crippen LogP contribution in [0.1, 0.15) is 25.8 Å². The number of halogens is 1. The van der Waals surface area contributed by atoms with Gasteiger partial charge in [-0.1, -0.05) is 35.8 Å². The van der Waals surface area contributed by atoms with E-state index >= 15 is 0 Å². The van der Waals surface area contributed by atoms with E-state index in [9.17, 15) is 0 Å². The summed E-state index contributed by atoms with van der Waals surface area (Å²) >= 11 is 3.54. The summed E-state index contributed by atoms with van der Waals surface area (Å²) in [6.45, 7) is 6.31. The van der Waals surface area contributed by atoms with Gasteiger partial charge in [-0.2, -0.15) is 0 Å². The van der Waals surface area contributed by atoms with Crippen molar-refractivity contribution in [2.75, 3.05) is 25.0 Å². The van der Waals surface area contributed by atoms with E-state index in [2.05, 4.69) is 59.9 Å². The summed E-state index contributed by atoms with van der Waals surface area (Å²) in [7, 11) is 2.16. The van der Waals surface area contributed by atoms with E-state index in [0.717, 1.165) is 23.4 Å². The Kier molecular flexibility index (Phi) is 6.00. The Hall–Kier alpha value is -0.540. The highest BCUT2D eigenvalue weighted by molar-refractivity contribution is 9.10. The standard InChI is InChI=1S/C14H23BrN2/c1-11(2)7-9-17(3)14-10-13(15)5-4-12(14)6-8-16/h4-5,10-11H,6-9,16H2,1-3H3. The molecule has 0 amide bonds. The first-order valence-electron chi connectivity index (χ1n) is 6.24. The molecule has 0 bridgehead atoms. The quantitative estimate of drug-likeness (QED) is 0.872. The molecule has 1 aromatic rings. The number of hydrogen-bond donors (Lipinski definition) is 1. The summed E-state index contributed by atoms with van der Waals surface area (Å²) in [5.41, 5.74) is 8.29. The third-order valence-electron chi connectivity index (χ3n) is 2.91. The van der Waals surface area contributed by atoms with Gasteiger partial charge in [0, 0.05) is 23.8 Å². The Labute approximate surface area is 113 Å². The topological polar surface area (TPSA) is 29.3 Å². The molecule has 2 nitrogen and oxygen atoms in total. The second-order valence-electron chi connectivity index (χ2n) is 4.92. The van der Waals surface area contributed by atoms with Crippen molar-refractivity contribution < 1.29 is 0 Å². The van der Waals surface area contributed by atoms with Gasteiger partial charge in [0.05, 0.1) is 0 Å². The first-order chi connectivity index (χ1) is 8.04. The molecule has 0 fully saturated rings. The molecule has 1 rings (SSSR count). The fraction of sp³-hybridized carbons (Fsp3) is 0.571. The Balaban J connectivity index is 2.81. The molecule has 0 spiro atoms. The van der Waals surface area contributed by atoms with Crippen LogP contribution in [0.3, 0.4) is 0 Å². The van der Waals surface area contributed by atoms with Gasteiger partial charge in [0.2, 0.25) is 0 Å². The smallest absolute Gasteiger partial charge is 0.0407 e. The molecular weight excluding hydrogens is 276 g/mol. The molecule has 0 saturated carbocycles. The number of nitrogens with zero attached hydrogens (tertiary/aromatic N) is 1. The molecule has 0 aliphatic rings. The van der Waals surface area contributed by atoms with E-state index in [4.69, 9.17) is 5.73 Å². The second-order valence-corrected chi connectivity index (χ2v) is 5.83. The number of rotatable bonds is 6. The third-order valence-corrected chi connectivity index (χ3v) is 3.41. The maximum Gasteiger partial charge on any atom is 0.0407 e. The summed E-state index contributed by atoms with van der Waals surface area (Å²) in [6, 6.07) is 6.44. The molecule has 0 aliphatic heterocycles. The number of nitrogens with two attached hydrogens (primary N) is 1. The molecule has 1 aromatic carbocycles. The minimum atomic E-state index is 0.701. The van der Waals surface area contributed by atoms with E-state index < -0.39 is 0 Å². The Morgan fingerprint density at radius 1 is 1.35 bits per heavy atom. The van der Waals surface area contributed by atoms with E-state index in [1.165, 1.54) is 17.7 Å². The van der Waals surface area contributed by atoms with Gasteiger partial charge in [-0.3, -0.25) is 0 Å². The van der Waals surface area contributed by atoms with Gasteiger partial charge in [0.1, 0.15) is 0 Å². The number of anilines is 1. The molecule has 2 N–H and O–H groups in total. The highest BCUT2D eigenvalue weighted by Gasteiger charge is 2.08. The van der Waals surface area contributed by atoms with Crippen LogP contribution in [0.4, 0.5) is 5.69 Å². The largest absolute Gasteiger partial charge is 0.374 e. The zero-order chi connectivity index (χ0) is 12.8. The van der Waals surface area contributed by atoms with Gasteiger partial charge in [0.25, 0.3) is 0 Å². The molecule has 96 valence electrons. The van der Waals surface area contributed by atoms with Crippen molar-refractivity contribution in [1.29, 1.82) is 0 Å². The van der Waals surface area contributed by atoms with Gasteiger partial charge in [0.15, 0.2) is 0 Å². The van der Waals surface area contributed by atoms with Crippen molar-refractivity contribution in [2.24, 2.45) is 11.7 Å². The summed E-state index contributed by atoms with van der Waals surface area (Å²) in [5.74, 6) is 0.738. The highest BCUT2D eigenvalue weighted by Crippen LogP contribution is 2.25. The maximum atomic E-state index is 5.66. The van der Waals surface area contributed by atoms with Crippen LogP contribution in [0.2, 0.25) is 0 Å². The molecule has 0 heterocycles. The lowest BCUT2D eigenvalue weighted by molar-refractivity contribution is 0.584. The summed E-state index contributed by atoms with van der Waals surface area (Å²) in [6.07, 6.45) is 2.15. The van der Waals surface area contributed by atoms with Crippen LogP contribution in [0.15, 0.2) is 22.7 Å². The van der Waals surface area contributed by atoms with Gasteiger partial charge in [-0.25, -0.2) is 0 Å². The Morgan fingerprint density at radius 3 is 2.65 bits per heavy atom. The average Bonchev–Trinajstić information content (AvgIpc) is 2.28. The van der Waals surface area contributed by atoms with Gasteiger partial charge in [-0.05, 0) is 43.0 Å². The van der Waals surface area contributed by atoms with Crippen molar-refractivity contribution in [2.45, 2.75) is 26.7 Å². The molecule has 3 heteroatoms. The van der Waals surface area contributed by atoms with Gasteiger partial charge >= 0.3 is 0 Å². The maximum absolute atomic E-state index is 5.66. The van der Waals surface area contributed by atoms with E-state index in [0.29, 0.717) is 6.54 Å². The molecule has 0 unspecified atom stereocenters. The molecular formula is C14H23BrN2. The van der Waals surface area contributed by atoms with Gasteiger partial charge in [-0.15, -0.1) is 0 Å². The van der Waals surface area contributed by atoms with Crippen molar-refractivity contribution in [3.8, 4) is 0 Å². The highest BCUT2D eigenvalue weighted by atomic mass is 79.9. The fourth-order valence-electron chi connectivity index (χ4n) is 1.83. The predicted octanol–water partition coefficient (Wildman–Crippen LogP) is 3.43. The minimum absolute atomic E-state index is 0.701. The number of hydrogen-bond acceptors (Lipinski definition) is 2. The van der Waals surface area contributed by atoms with E-state index in [-0.39, 0.29) is 0 Å². The van der Waals surface area contributed by atoms with Crippen LogP contribution >= 0.6 is 15.9 Å². The van der Waals surface area contributed by atoms with Crippen LogP contribution in [-0.4, -0.2) is 20.1 Å². The predicted molar refractivity (Wildman–Crippen MR) is 79.6 cm³/mol. The van der Waals surface area contributed by atoms with Crippen LogP contribution < -0.4 is 10.6 Å². The summed E-state index contributed by atoms with van der Waals surface area (Å²) in [4.78, 5) is 2.33. The van der Waals surface area contributed by atoms with Crippen LogP contribution in [-0.2, 0) is 6.42 Å². The monoisotopic (exact) mass is 298 g/mol. The minimum Gasteiger partial charge on any atom is -0.374 e. The lowest BCUT2D eigenvalue weighted by Crippen LogP contribution is -2.21. The zero-order valence-electron chi connectivity index (χ0n) is 11.0. The van der Waals surface area contributed by atoms with E-state index in [1.807, 2.05) is 0 Å². The Bertz CT molecular complexity index is 350. The van der Waals surface area contributed by atoms with Crippen molar-refractivity contribution in [3.63, 3.8) is 0 Å². The van der Waals surface area contributed by atoms with Gasteiger partial charge < -0.3 is 10.6 Å². The van der Waals surface area contributed by atoms with Crippen LogP contribution in [0.5, 0.6) is 0 Å². The van der Waals surface area contributed by atoms with E-state index in [1.54, 1.807) is 0 Å².